The van der Waals surface area contributed by atoms with Gasteiger partial charge in [-0.05, 0) is 0 Å². The minimum atomic E-state index is -1.62. The smallest absolute Gasteiger partial charge is 0.307 e. The molecule has 2 rings (SSSR count). The number of ether oxygens (including phenoxy) is 2. The molecule has 0 amide bonds. The van der Waals surface area contributed by atoms with Gasteiger partial charge < -0.3 is 21.9 Å². The van der Waals surface area contributed by atoms with Crippen LogP contribution in [0.3, 0.4) is 0 Å². The molecule has 2 fully saturated rings. The molecule has 0 saturated carbocycles. The minimum absolute atomic E-state index is 0. The zero-order valence-corrected chi connectivity index (χ0v) is 14.7. The quantitative estimate of drug-likeness (QED) is 0.529. The average molecular weight is 327 g/mol. The van der Waals surface area contributed by atoms with Crippen molar-refractivity contribution in [2.45, 2.75) is 0 Å². The Morgan fingerprint density at radius 1 is 0.700 bits per heavy atom. The lowest BCUT2D eigenvalue weighted by Crippen LogP contribution is -3.00. The van der Waals surface area contributed by atoms with E-state index in [1.807, 2.05) is 0 Å². The molecular formula is C12H28ClN4O2P. The van der Waals surface area contributed by atoms with Crippen molar-refractivity contribution in [3.8, 4) is 0 Å². The van der Waals surface area contributed by atoms with Crippen LogP contribution < -0.4 is 12.4 Å². The summed E-state index contributed by atoms with van der Waals surface area (Å²) in [6.07, 6.45) is 0. The monoisotopic (exact) mass is 326 g/mol. The van der Waals surface area contributed by atoms with Crippen molar-refractivity contribution < 1.29 is 21.9 Å². The van der Waals surface area contributed by atoms with E-state index in [2.05, 4.69) is 46.9 Å². The molecule has 0 spiro atoms. The van der Waals surface area contributed by atoms with Gasteiger partial charge in [-0.2, -0.15) is 0 Å². The highest BCUT2D eigenvalue weighted by molar-refractivity contribution is 7.66. The number of hydrogen-bond acceptors (Lipinski definition) is 6. The van der Waals surface area contributed by atoms with E-state index in [1.165, 1.54) is 0 Å². The zero-order chi connectivity index (χ0) is 13.9. The van der Waals surface area contributed by atoms with Gasteiger partial charge in [-0.1, -0.05) is 0 Å². The lowest BCUT2D eigenvalue weighted by Gasteiger charge is -2.49. The van der Waals surface area contributed by atoms with Crippen molar-refractivity contribution in [1.82, 2.24) is 18.7 Å². The summed E-state index contributed by atoms with van der Waals surface area (Å²) >= 11 is 0. The van der Waals surface area contributed by atoms with Gasteiger partial charge in [0.05, 0.1) is 52.6 Å². The fraction of sp³-hybridized carbons (Fsp3) is 1.00. The molecule has 0 aromatic heterocycles. The Bertz CT molecular complexity index is 257. The standard InChI is InChI=1S/C12H28N4O2P.ClH/c1-13(2)19(14(3)4,15-5-9-17-10-6-15)16-7-11-18-12-8-16;/h5-12H2,1-4H3;1H/q+1;/p-1. The maximum atomic E-state index is 5.54. The van der Waals surface area contributed by atoms with E-state index >= 15 is 0 Å². The summed E-state index contributed by atoms with van der Waals surface area (Å²) in [5.74, 6) is 0. The van der Waals surface area contributed by atoms with Crippen molar-refractivity contribution in [3.05, 3.63) is 0 Å². The van der Waals surface area contributed by atoms with Crippen LogP contribution in [0.4, 0.5) is 0 Å². The maximum absolute atomic E-state index is 5.54. The summed E-state index contributed by atoms with van der Waals surface area (Å²) in [6, 6.07) is 0. The molecule has 2 aliphatic heterocycles. The van der Waals surface area contributed by atoms with E-state index in [0.29, 0.717) is 0 Å². The predicted octanol–water partition coefficient (Wildman–Crippen LogP) is -2.54. The first-order chi connectivity index (χ1) is 9.10. The molecule has 2 saturated heterocycles. The number of rotatable bonds is 4. The second-order valence-corrected chi connectivity index (χ2v) is 9.17. The number of hydrogen-bond donors (Lipinski definition) is 0. The fourth-order valence-corrected chi connectivity index (χ4v) is 7.69. The van der Waals surface area contributed by atoms with E-state index in [-0.39, 0.29) is 12.4 Å². The Labute approximate surface area is 129 Å². The van der Waals surface area contributed by atoms with Gasteiger partial charge in [0.25, 0.3) is 0 Å². The van der Waals surface area contributed by atoms with Gasteiger partial charge in [-0.3, -0.25) is 0 Å². The van der Waals surface area contributed by atoms with E-state index in [9.17, 15) is 0 Å². The highest BCUT2D eigenvalue weighted by atomic mass is 35.5. The Kier molecular flexibility index (Phi) is 7.60. The molecule has 0 atom stereocenters. The van der Waals surface area contributed by atoms with Gasteiger partial charge in [-0.25, -0.2) is 0 Å². The molecule has 0 radical (unpaired) electrons. The van der Waals surface area contributed by atoms with E-state index < -0.39 is 7.87 Å². The SMILES string of the molecule is CN(C)[P+](N(C)C)(N1CCOCC1)N1CCOCC1.[Cl-]. The maximum Gasteiger partial charge on any atom is 0.307 e. The van der Waals surface area contributed by atoms with Crippen LogP contribution in [0.2, 0.25) is 0 Å². The zero-order valence-electron chi connectivity index (χ0n) is 13.1. The predicted molar refractivity (Wildman–Crippen MR) is 79.1 cm³/mol. The summed E-state index contributed by atoms with van der Waals surface area (Å²) in [5, 5.41) is 0. The molecule has 2 aliphatic rings. The van der Waals surface area contributed by atoms with Gasteiger partial charge in [0.2, 0.25) is 0 Å². The van der Waals surface area contributed by atoms with E-state index in [4.69, 9.17) is 9.47 Å². The summed E-state index contributed by atoms with van der Waals surface area (Å²) in [5.41, 5.74) is 0. The first-order valence-electron chi connectivity index (χ1n) is 7.01. The van der Waals surface area contributed by atoms with Crippen LogP contribution in [0.15, 0.2) is 0 Å². The Morgan fingerprint density at radius 3 is 1.25 bits per heavy atom. The minimum Gasteiger partial charge on any atom is -1.00 e. The fourth-order valence-electron chi connectivity index (χ4n) is 3.19. The molecule has 0 N–H and O–H groups in total. The molecular weight excluding hydrogens is 299 g/mol. The largest absolute Gasteiger partial charge is 1.00 e. The Morgan fingerprint density at radius 2 is 1.00 bits per heavy atom. The third kappa shape index (κ3) is 3.45. The molecule has 0 aliphatic carbocycles. The van der Waals surface area contributed by atoms with Crippen LogP contribution in [-0.2, 0) is 9.47 Å². The highest BCUT2D eigenvalue weighted by Crippen LogP contribution is 2.67. The summed E-state index contributed by atoms with van der Waals surface area (Å²) in [4.78, 5) is 0. The molecule has 2 heterocycles. The lowest BCUT2D eigenvalue weighted by molar-refractivity contribution is -0.00000583. The molecule has 0 bridgehead atoms. The normalized spacial score (nSPS) is 23.1. The van der Waals surface area contributed by atoms with Crippen LogP contribution in [0.25, 0.3) is 0 Å². The van der Waals surface area contributed by atoms with Crippen LogP contribution in [0.5, 0.6) is 0 Å². The van der Waals surface area contributed by atoms with Crippen molar-refractivity contribution >= 4 is 7.87 Å². The van der Waals surface area contributed by atoms with Gasteiger partial charge in [0, 0.05) is 28.2 Å². The van der Waals surface area contributed by atoms with Crippen molar-refractivity contribution in [2.75, 3.05) is 80.8 Å². The lowest BCUT2D eigenvalue weighted by atomic mass is 10.5. The van der Waals surface area contributed by atoms with Crippen LogP contribution in [0, 0.1) is 0 Å². The second-order valence-electron chi connectivity index (χ2n) is 5.36. The Balaban J connectivity index is 0.00000200. The van der Waals surface area contributed by atoms with Crippen LogP contribution in [-0.4, -0.2) is 99.5 Å². The highest BCUT2D eigenvalue weighted by Gasteiger charge is 2.57. The number of halogens is 1. The van der Waals surface area contributed by atoms with Crippen molar-refractivity contribution in [2.24, 2.45) is 0 Å². The van der Waals surface area contributed by atoms with Crippen molar-refractivity contribution in [3.63, 3.8) is 0 Å². The second kappa shape index (κ2) is 8.20. The summed E-state index contributed by atoms with van der Waals surface area (Å²) < 4.78 is 21.2. The molecule has 8 heteroatoms. The number of nitrogens with zero attached hydrogens (tertiary/aromatic N) is 4. The summed E-state index contributed by atoms with van der Waals surface area (Å²) in [7, 11) is 7.21. The first-order valence-corrected chi connectivity index (χ1v) is 8.61. The van der Waals surface area contributed by atoms with Crippen LogP contribution in [0.1, 0.15) is 0 Å². The van der Waals surface area contributed by atoms with Crippen molar-refractivity contribution in [1.29, 1.82) is 0 Å². The van der Waals surface area contributed by atoms with Gasteiger partial charge >= 0.3 is 7.87 Å². The average Bonchev–Trinajstić information content (AvgIpc) is 2.41. The van der Waals surface area contributed by atoms with Gasteiger partial charge in [0.15, 0.2) is 0 Å². The van der Waals surface area contributed by atoms with E-state index in [0.717, 1.165) is 52.6 Å². The van der Waals surface area contributed by atoms with Gasteiger partial charge in [0.1, 0.15) is 0 Å². The molecule has 0 unspecified atom stereocenters. The summed E-state index contributed by atoms with van der Waals surface area (Å²) in [6.45, 7) is 7.43. The van der Waals surface area contributed by atoms with Gasteiger partial charge in [-0.15, -0.1) is 18.7 Å². The molecule has 0 aromatic carbocycles. The third-order valence-corrected chi connectivity index (χ3v) is 8.27. The van der Waals surface area contributed by atoms with Crippen LogP contribution >= 0.6 is 7.87 Å². The molecule has 0 aromatic rings. The molecule has 6 nitrogen and oxygen atoms in total. The molecule has 20 heavy (non-hydrogen) atoms. The third-order valence-electron chi connectivity index (χ3n) is 3.81. The first kappa shape index (κ1) is 18.5. The number of morpholine rings is 2. The topological polar surface area (TPSA) is 31.4 Å². The molecule has 120 valence electrons. The Hall–Kier alpha value is 0.480. The van der Waals surface area contributed by atoms with E-state index in [1.54, 1.807) is 0 Å².